The molecule has 0 aliphatic heterocycles. The van der Waals surface area contributed by atoms with Crippen molar-refractivity contribution < 1.29 is 13.6 Å². The molecule has 0 saturated carbocycles. The third-order valence-electron chi connectivity index (χ3n) is 3.35. The molecular formula is C14H16ClF2NO. The Balaban J connectivity index is 2.16. The molecule has 0 heterocycles. The van der Waals surface area contributed by atoms with Crippen molar-refractivity contribution in [2.24, 2.45) is 0 Å². The van der Waals surface area contributed by atoms with Gasteiger partial charge in [0.25, 0.3) is 12.3 Å². The van der Waals surface area contributed by atoms with Crippen LogP contribution < -0.4 is 0 Å². The maximum Gasteiger partial charge on any atom is 0.255 e. The van der Waals surface area contributed by atoms with Crippen molar-refractivity contribution in [3.8, 4) is 0 Å². The number of rotatable bonds is 5. The highest BCUT2D eigenvalue weighted by molar-refractivity contribution is 6.18. The number of hydrogen-bond acceptors (Lipinski definition) is 1. The fourth-order valence-corrected chi connectivity index (χ4v) is 2.64. The summed E-state index contributed by atoms with van der Waals surface area (Å²) < 4.78 is 24.9. The maximum absolute atomic E-state index is 12.5. The van der Waals surface area contributed by atoms with Crippen LogP contribution in [0, 0.1) is 0 Å². The zero-order valence-electron chi connectivity index (χ0n) is 10.5. The smallest absolute Gasteiger partial charge is 0.255 e. The summed E-state index contributed by atoms with van der Waals surface area (Å²) in [6.45, 7) is -0.426. The van der Waals surface area contributed by atoms with Gasteiger partial charge >= 0.3 is 0 Å². The summed E-state index contributed by atoms with van der Waals surface area (Å²) in [5.41, 5.74) is 2.90. The Hall–Kier alpha value is -1.16. The summed E-state index contributed by atoms with van der Waals surface area (Å²) in [5.74, 6) is -0.209. The van der Waals surface area contributed by atoms with Crippen LogP contribution in [0.3, 0.4) is 0 Å². The molecule has 0 N–H and O–H groups in total. The summed E-state index contributed by atoms with van der Waals surface area (Å²) in [6, 6.07) is 5.48. The van der Waals surface area contributed by atoms with Crippen LogP contribution in [-0.4, -0.2) is 36.2 Å². The van der Waals surface area contributed by atoms with Gasteiger partial charge in [-0.15, -0.1) is 11.6 Å². The number of hydrogen-bond donors (Lipinski definition) is 0. The van der Waals surface area contributed by atoms with E-state index < -0.39 is 13.0 Å². The highest BCUT2D eigenvalue weighted by atomic mass is 35.5. The van der Waals surface area contributed by atoms with Gasteiger partial charge in [0, 0.05) is 18.0 Å². The number of carbonyl (C=O) groups excluding carboxylic acids is 1. The van der Waals surface area contributed by atoms with E-state index in [1.807, 2.05) is 12.1 Å². The van der Waals surface area contributed by atoms with Crippen molar-refractivity contribution in [3.05, 3.63) is 34.9 Å². The van der Waals surface area contributed by atoms with E-state index in [0.29, 0.717) is 5.56 Å². The molecule has 2 nitrogen and oxygen atoms in total. The molecule has 0 atom stereocenters. The predicted molar refractivity (Wildman–Crippen MR) is 71.1 cm³/mol. The number of fused-ring (bicyclic) bond motifs is 1. The zero-order valence-corrected chi connectivity index (χ0v) is 11.3. The molecule has 104 valence electrons. The number of alkyl halides is 3. The molecule has 0 unspecified atom stereocenters. The van der Waals surface area contributed by atoms with Crippen molar-refractivity contribution in [1.29, 1.82) is 0 Å². The molecule has 0 spiro atoms. The van der Waals surface area contributed by atoms with E-state index in [4.69, 9.17) is 11.6 Å². The Labute approximate surface area is 116 Å². The molecule has 1 aliphatic rings. The second kappa shape index (κ2) is 6.33. The molecule has 0 bridgehead atoms. The Morgan fingerprint density at radius 1 is 1.32 bits per heavy atom. The highest BCUT2D eigenvalue weighted by Crippen LogP contribution is 2.23. The Morgan fingerprint density at radius 2 is 2.05 bits per heavy atom. The van der Waals surface area contributed by atoms with Crippen LogP contribution in [0.5, 0.6) is 0 Å². The van der Waals surface area contributed by atoms with Crippen molar-refractivity contribution in [3.63, 3.8) is 0 Å². The standard InChI is InChI=1S/C14H16ClF2NO/c15-6-7-18(9-13(16)17)14(19)12-5-4-10-2-1-3-11(10)8-12/h4-5,8,13H,1-3,6-7,9H2. The number of carbonyl (C=O) groups is 1. The highest BCUT2D eigenvalue weighted by Gasteiger charge is 2.21. The van der Waals surface area contributed by atoms with Crippen LogP contribution in [0.4, 0.5) is 8.78 Å². The minimum Gasteiger partial charge on any atom is -0.332 e. The van der Waals surface area contributed by atoms with Gasteiger partial charge < -0.3 is 4.90 Å². The van der Waals surface area contributed by atoms with Gasteiger partial charge in [-0.2, -0.15) is 0 Å². The zero-order chi connectivity index (χ0) is 13.8. The van der Waals surface area contributed by atoms with Gasteiger partial charge in [-0.25, -0.2) is 8.78 Å². The minimum atomic E-state index is -2.54. The van der Waals surface area contributed by atoms with Gasteiger partial charge in [0.1, 0.15) is 0 Å². The van der Waals surface area contributed by atoms with Crippen molar-refractivity contribution in [2.45, 2.75) is 25.7 Å². The monoisotopic (exact) mass is 287 g/mol. The Morgan fingerprint density at radius 3 is 2.74 bits per heavy atom. The molecule has 1 aromatic rings. The SMILES string of the molecule is O=C(c1ccc2c(c1)CCC2)N(CCCl)CC(F)F. The van der Waals surface area contributed by atoms with Gasteiger partial charge in [0.2, 0.25) is 0 Å². The van der Waals surface area contributed by atoms with E-state index in [2.05, 4.69) is 0 Å². The molecule has 0 radical (unpaired) electrons. The summed E-state index contributed by atoms with van der Waals surface area (Å²) in [6.07, 6.45) is 0.546. The first kappa shape index (κ1) is 14.3. The van der Waals surface area contributed by atoms with Gasteiger partial charge in [0.05, 0.1) is 6.54 Å². The molecule has 0 fully saturated rings. The van der Waals surface area contributed by atoms with E-state index in [9.17, 15) is 13.6 Å². The molecule has 2 rings (SSSR count). The van der Waals surface area contributed by atoms with Crippen LogP contribution in [-0.2, 0) is 12.8 Å². The molecular weight excluding hydrogens is 272 g/mol. The van der Waals surface area contributed by atoms with Crippen LogP contribution in [0.25, 0.3) is 0 Å². The minimum absolute atomic E-state index is 0.141. The third kappa shape index (κ3) is 3.44. The van der Waals surface area contributed by atoms with E-state index in [1.54, 1.807) is 6.07 Å². The second-order valence-electron chi connectivity index (χ2n) is 4.67. The second-order valence-corrected chi connectivity index (χ2v) is 5.05. The molecule has 19 heavy (non-hydrogen) atoms. The maximum atomic E-state index is 12.5. The summed E-state index contributed by atoms with van der Waals surface area (Å²) in [5, 5.41) is 0. The van der Waals surface area contributed by atoms with Crippen LogP contribution in [0.15, 0.2) is 18.2 Å². The Bertz CT molecular complexity index is 465. The third-order valence-corrected chi connectivity index (χ3v) is 3.51. The lowest BCUT2D eigenvalue weighted by molar-refractivity contribution is 0.0571. The van der Waals surface area contributed by atoms with Crippen LogP contribution >= 0.6 is 11.6 Å². The van der Waals surface area contributed by atoms with Gasteiger partial charge in [-0.1, -0.05) is 6.07 Å². The summed E-state index contributed by atoms with van der Waals surface area (Å²) in [4.78, 5) is 13.3. The number of amides is 1. The lowest BCUT2D eigenvalue weighted by atomic mass is 10.1. The molecule has 0 aromatic heterocycles. The molecule has 1 amide bonds. The Kier molecular flexibility index (Phi) is 4.75. The van der Waals surface area contributed by atoms with Crippen molar-refractivity contribution in [2.75, 3.05) is 19.0 Å². The van der Waals surface area contributed by atoms with E-state index in [-0.39, 0.29) is 18.3 Å². The average Bonchev–Trinajstić information content (AvgIpc) is 2.84. The van der Waals surface area contributed by atoms with E-state index in [0.717, 1.165) is 29.7 Å². The normalized spacial score (nSPS) is 13.7. The van der Waals surface area contributed by atoms with Gasteiger partial charge in [0.15, 0.2) is 0 Å². The van der Waals surface area contributed by atoms with Gasteiger partial charge in [-0.05, 0) is 42.5 Å². The molecule has 1 aliphatic carbocycles. The first-order chi connectivity index (χ1) is 9.11. The van der Waals surface area contributed by atoms with Crippen molar-refractivity contribution in [1.82, 2.24) is 4.90 Å². The average molecular weight is 288 g/mol. The first-order valence-electron chi connectivity index (χ1n) is 6.37. The number of benzene rings is 1. The van der Waals surface area contributed by atoms with Crippen molar-refractivity contribution >= 4 is 17.5 Å². The quantitative estimate of drug-likeness (QED) is 0.762. The number of nitrogens with zero attached hydrogens (tertiary/aromatic N) is 1. The fraction of sp³-hybridized carbons (Fsp3) is 0.500. The molecule has 5 heteroatoms. The summed E-state index contributed by atoms with van der Waals surface area (Å²) >= 11 is 5.57. The fourth-order valence-electron chi connectivity index (χ4n) is 2.43. The van der Waals surface area contributed by atoms with Gasteiger partial charge in [-0.3, -0.25) is 4.79 Å². The van der Waals surface area contributed by atoms with Crippen LogP contribution in [0.1, 0.15) is 27.9 Å². The summed E-state index contributed by atoms with van der Waals surface area (Å²) in [7, 11) is 0. The lowest BCUT2D eigenvalue weighted by Crippen LogP contribution is -2.36. The number of aryl methyl sites for hydroxylation is 2. The molecule has 1 aromatic carbocycles. The predicted octanol–water partition coefficient (Wildman–Crippen LogP) is 3.12. The first-order valence-corrected chi connectivity index (χ1v) is 6.90. The lowest BCUT2D eigenvalue weighted by Gasteiger charge is -2.21. The largest absolute Gasteiger partial charge is 0.332 e. The van der Waals surface area contributed by atoms with Crippen LogP contribution in [0.2, 0.25) is 0 Å². The number of halogens is 3. The van der Waals surface area contributed by atoms with E-state index in [1.165, 1.54) is 5.56 Å². The topological polar surface area (TPSA) is 20.3 Å². The molecule has 0 saturated heterocycles. The van der Waals surface area contributed by atoms with E-state index >= 15 is 0 Å².